The van der Waals surface area contributed by atoms with Gasteiger partial charge in [0.15, 0.2) is 5.75 Å². The number of phenolic OH excluding ortho intramolecular Hbond substituents is 1. The minimum absolute atomic E-state index is 0.200. The summed E-state index contributed by atoms with van der Waals surface area (Å²) in [4.78, 5) is 28.6. The second kappa shape index (κ2) is 8.95. The van der Waals surface area contributed by atoms with Crippen LogP contribution in [0.25, 0.3) is 0 Å². The number of rotatable bonds is 5. The Morgan fingerprint density at radius 2 is 1.60 bits per heavy atom. The molecule has 0 fully saturated rings. The van der Waals surface area contributed by atoms with E-state index in [0.717, 1.165) is 16.8 Å². The predicted octanol–water partition coefficient (Wildman–Crippen LogP) is 5.97. The summed E-state index contributed by atoms with van der Waals surface area (Å²) in [6.45, 7) is 2.44. The zero-order valence-electron chi connectivity index (χ0n) is 19.0. The maximum Gasteiger partial charge on any atom is 0.311 e. The van der Waals surface area contributed by atoms with Crippen molar-refractivity contribution in [2.24, 2.45) is 0 Å². The molecule has 0 saturated carbocycles. The van der Waals surface area contributed by atoms with E-state index in [1.807, 2.05) is 79.7 Å². The lowest BCUT2D eigenvalue weighted by Crippen LogP contribution is -2.49. The zero-order valence-corrected chi connectivity index (χ0v) is 19.0. The Kier molecular flexibility index (Phi) is 5.66. The highest BCUT2D eigenvalue weighted by Gasteiger charge is 2.40. The van der Waals surface area contributed by atoms with E-state index in [4.69, 9.17) is 0 Å². The van der Waals surface area contributed by atoms with Gasteiger partial charge in [-0.25, -0.2) is 0 Å². The van der Waals surface area contributed by atoms with Crippen molar-refractivity contribution in [2.75, 3.05) is 9.80 Å². The molecule has 35 heavy (non-hydrogen) atoms. The number of benzene rings is 4. The standard InChI is InChI=1S/C28H23N3O4/c1-19-11-14-22(15-12-19)30-27(21-13-16-26(32)25(17-21)31(34)35)29(18-20-7-3-2-4-8-20)24-10-6-5-9-23(24)28(30)33/h2-17,27,32H,18H2,1H3. The van der Waals surface area contributed by atoms with Crippen molar-refractivity contribution < 1.29 is 14.8 Å². The minimum Gasteiger partial charge on any atom is -0.502 e. The highest BCUT2D eigenvalue weighted by atomic mass is 16.6. The number of carbonyl (C=O) groups is 1. The fourth-order valence-corrected chi connectivity index (χ4v) is 4.51. The van der Waals surface area contributed by atoms with E-state index >= 15 is 0 Å². The van der Waals surface area contributed by atoms with Crippen LogP contribution in [-0.4, -0.2) is 15.9 Å². The second-order valence-corrected chi connectivity index (χ2v) is 8.52. The van der Waals surface area contributed by atoms with E-state index < -0.39 is 22.5 Å². The van der Waals surface area contributed by atoms with Crippen molar-refractivity contribution in [3.63, 3.8) is 0 Å². The van der Waals surface area contributed by atoms with Gasteiger partial charge in [0.25, 0.3) is 5.91 Å². The summed E-state index contributed by atoms with van der Waals surface area (Å²) in [5, 5.41) is 21.7. The molecule has 1 aliphatic rings. The number of carbonyl (C=O) groups excluding carboxylic acids is 1. The van der Waals surface area contributed by atoms with Crippen LogP contribution in [0.3, 0.4) is 0 Å². The molecule has 174 valence electrons. The molecule has 0 saturated heterocycles. The summed E-state index contributed by atoms with van der Waals surface area (Å²) in [7, 11) is 0. The summed E-state index contributed by atoms with van der Waals surface area (Å²) < 4.78 is 0. The van der Waals surface area contributed by atoms with E-state index in [2.05, 4.69) is 4.90 Å². The summed E-state index contributed by atoms with van der Waals surface area (Å²) >= 11 is 0. The molecule has 0 spiro atoms. The van der Waals surface area contributed by atoms with Gasteiger partial charge in [-0.1, -0.05) is 66.2 Å². The van der Waals surface area contributed by atoms with Crippen molar-refractivity contribution in [1.29, 1.82) is 0 Å². The quantitative estimate of drug-likeness (QED) is 0.290. The Balaban J connectivity index is 1.75. The molecule has 5 rings (SSSR count). The third kappa shape index (κ3) is 4.08. The predicted molar refractivity (Wildman–Crippen MR) is 135 cm³/mol. The van der Waals surface area contributed by atoms with Gasteiger partial charge in [-0.2, -0.15) is 0 Å². The second-order valence-electron chi connectivity index (χ2n) is 8.52. The van der Waals surface area contributed by atoms with Crippen LogP contribution in [0.1, 0.15) is 33.2 Å². The zero-order chi connectivity index (χ0) is 24.5. The van der Waals surface area contributed by atoms with Crippen LogP contribution in [0.15, 0.2) is 97.1 Å². The molecule has 0 radical (unpaired) electrons. The fraction of sp³-hybridized carbons (Fsp3) is 0.107. The molecule has 1 aliphatic heterocycles. The molecule has 4 aromatic carbocycles. The van der Waals surface area contributed by atoms with E-state index in [1.54, 1.807) is 17.0 Å². The fourth-order valence-electron chi connectivity index (χ4n) is 4.51. The molecule has 0 bridgehead atoms. The van der Waals surface area contributed by atoms with Crippen LogP contribution < -0.4 is 9.80 Å². The first kappa shape index (κ1) is 22.2. The number of aryl methyl sites for hydroxylation is 1. The van der Waals surface area contributed by atoms with Crippen molar-refractivity contribution in [3.8, 4) is 5.75 Å². The molecule has 0 aliphatic carbocycles. The van der Waals surface area contributed by atoms with E-state index in [-0.39, 0.29) is 5.91 Å². The molecular formula is C28H23N3O4. The molecular weight excluding hydrogens is 442 g/mol. The summed E-state index contributed by atoms with van der Waals surface area (Å²) in [6.07, 6.45) is -0.681. The molecule has 0 aromatic heterocycles. The van der Waals surface area contributed by atoms with Gasteiger partial charge in [0.2, 0.25) is 0 Å². The molecule has 1 heterocycles. The first-order valence-electron chi connectivity index (χ1n) is 11.2. The smallest absolute Gasteiger partial charge is 0.311 e. The van der Waals surface area contributed by atoms with Gasteiger partial charge in [-0.3, -0.25) is 19.8 Å². The normalized spacial score (nSPS) is 15.1. The van der Waals surface area contributed by atoms with Crippen LogP contribution in [-0.2, 0) is 6.54 Å². The number of para-hydroxylation sites is 1. The van der Waals surface area contributed by atoms with E-state index in [0.29, 0.717) is 23.4 Å². The number of amides is 1. The molecule has 4 aromatic rings. The summed E-state index contributed by atoms with van der Waals surface area (Å²) in [5.41, 5.74) is 4.16. The molecule has 1 N–H and O–H groups in total. The number of nitro benzene ring substituents is 1. The number of nitrogens with zero attached hydrogens (tertiary/aromatic N) is 3. The lowest BCUT2D eigenvalue weighted by Gasteiger charge is -2.46. The number of aromatic hydroxyl groups is 1. The maximum absolute atomic E-state index is 13.9. The van der Waals surface area contributed by atoms with Gasteiger partial charge >= 0.3 is 5.69 Å². The number of anilines is 2. The number of nitro groups is 1. The highest BCUT2D eigenvalue weighted by molar-refractivity contribution is 6.12. The van der Waals surface area contributed by atoms with Crippen LogP contribution in [0, 0.1) is 17.0 Å². The van der Waals surface area contributed by atoms with Crippen molar-refractivity contribution in [1.82, 2.24) is 0 Å². The summed E-state index contributed by atoms with van der Waals surface area (Å²) in [5.74, 6) is -0.618. The minimum atomic E-state index is -0.681. The van der Waals surface area contributed by atoms with Gasteiger partial charge < -0.3 is 10.0 Å². The molecule has 1 unspecified atom stereocenters. The average molecular weight is 466 g/mol. The maximum atomic E-state index is 13.9. The lowest BCUT2D eigenvalue weighted by atomic mass is 9.98. The molecule has 1 amide bonds. The Morgan fingerprint density at radius 3 is 2.31 bits per heavy atom. The van der Waals surface area contributed by atoms with Crippen molar-refractivity contribution >= 4 is 23.0 Å². The van der Waals surface area contributed by atoms with Gasteiger partial charge in [0, 0.05) is 23.9 Å². The van der Waals surface area contributed by atoms with Crippen LogP contribution in [0.5, 0.6) is 5.75 Å². The van der Waals surface area contributed by atoms with Gasteiger partial charge in [-0.15, -0.1) is 0 Å². The number of phenols is 1. The van der Waals surface area contributed by atoms with Gasteiger partial charge in [0.1, 0.15) is 6.17 Å². The topological polar surface area (TPSA) is 86.9 Å². The highest BCUT2D eigenvalue weighted by Crippen LogP contribution is 2.43. The van der Waals surface area contributed by atoms with Gasteiger partial charge in [0.05, 0.1) is 16.2 Å². The van der Waals surface area contributed by atoms with Crippen molar-refractivity contribution in [2.45, 2.75) is 19.6 Å². The van der Waals surface area contributed by atoms with Gasteiger partial charge in [-0.05, 0) is 42.8 Å². The Bertz CT molecular complexity index is 1400. The number of fused-ring (bicyclic) bond motifs is 1. The third-order valence-electron chi connectivity index (χ3n) is 6.20. The van der Waals surface area contributed by atoms with Crippen LogP contribution in [0.4, 0.5) is 17.1 Å². The van der Waals surface area contributed by atoms with E-state index in [9.17, 15) is 20.0 Å². The van der Waals surface area contributed by atoms with Crippen LogP contribution in [0.2, 0.25) is 0 Å². The number of hydrogen-bond acceptors (Lipinski definition) is 5. The Hall–Kier alpha value is -4.65. The molecule has 1 atom stereocenters. The first-order valence-corrected chi connectivity index (χ1v) is 11.2. The number of hydrogen-bond donors (Lipinski definition) is 1. The lowest BCUT2D eigenvalue weighted by molar-refractivity contribution is -0.385. The van der Waals surface area contributed by atoms with Crippen LogP contribution >= 0.6 is 0 Å². The Morgan fingerprint density at radius 1 is 0.914 bits per heavy atom. The summed E-state index contributed by atoms with van der Waals surface area (Å²) in [6, 6.07) is 29.2. The SMILES string of the molecule is Cc1ccc(N2C(=O)c3ccccc3N(Cc3ccccc3)C2c2ccc(O)c([N+](=O)[O-])c2)cc1. The largest absolute Gasteiger partial charge is 0.502 e. The van der Waals surface area contributed by atoms with Crippen molar-refractivity contribution in [3.05, 3.63) is 129 Å². The third-order valence-corrected chi connectivity index (χ3v) is 6.20. The first-order chi connectivity index (χ1) is 16.9. The Labute approximate surface area is 202 Å². The monoisotopic (exact) mass is 465 g/mol. The van der Waals surface area contributed by atoms with E-state index in [1.165, 1.54) is 12.1 Å². The average Bonchev–Trinajstić information content (AvgIpc) is 2.87. The molecule has 7 heteroatoms. The molecule has 7 nitrogen and oxygen atoms in total.